The van der Waals surface area contributed by atoms with Crippen molar-refractivity contribution in [3.8, 4) is 0 Å². The van der Waals surface area contributed by atoms with Crippen LogP contribution >= 0.6 is 0 Å². The highest BCUT2D eigenvalue weighted by Crippen LogP contribution is 2.40. The number of rotatable bonds is 5. The van der Waals surface area contributed by atoms with Crippen molar-refractivity contribution in [2.45, 2.75) is 59.3 Å². The molecule has 0 amide bonds. The summed E-state index contributed by atoms with van der Waals surface area (Å²) >= 11 is 0. The first-order chi connectivity index (χ1) is 8.06. The lowest BCUT2D eigenvalue weighted by Gasteiger charge is -2.35. The molecule has 1 rings (SSSR count). The molecule has 1 saturated carbocycles. The van der Waals surface area contributed by atoms with E-state index in [2.05, 4.69) is 13.8 Å². The van der Waals surface area contributed by atoms with Crippen LogP contribution in [-0.2, 0) is 14.3 Å². The van der Waals surface area contributed by atoms with E-state index in [1.54, 1.807) is 6.92 Å². The SMILES string of the molecule is CCOC(=O)C1(CC(C)CC)CCCCC1=O. The van der Waals surface area contributed by atoms with Gasteiger partial charge in [-0.05, 0) is 32.1 Å². The predicted molar refractivity (Wildman–Crippen MR) is 66.6 cm³/mol. The van der Waals surface area contributed by atoms with Gasteiger partial charge in [-0.15, -0.1) is 0 Å². The van der Waals surface area contributed by atoms with Crippen LogP contribution in [0.1, 0.15) is 59.3 Å². The summed E-state index contributed by atoms with van der Waals surface area (Å²) < 4.78 is 5.14. The number of hydrogen-bond donors (Lipinski definition) is 0. The van der Waals surface area contributed by atoms with Gasteiger partial charge in [-0.1, -0.05) is 26.7 Å². The van der Waals surface area contributed by atoms with Gasteiger partial charge in [-0.3, -0.25) is 9.59 Å². The Bertz CT molecular complexity index is 285. The summed E-state index contributed by atoms with van der Waals surface area (Å²) in [6.45, 7) is 6.34. The van der Waals surface area contributed by atoms with Crippen molar-refractivity contribution in [3.63, 3.8) is 0 Å². The van der Waals surface area contributed by atoms with E-state index < -0.39 is 5.41 Å². The van der Waals surface area contributed by atoms with Crippen LogP contribution < -0.4 is 0 Å². The average molecular weight is 240 g/mol. The van der Waals surface area contributed by atoms with Crippen LogP contribution in [0.5, 0.6) is 0 Å². The lowest BCUT2D eigenvalue weighted by Crippen LogP contribution is -2.44. The van der Waals surface area contributed by atoms with Gasteiger partial charge in [0, 0.05) is 6.42 Å². The van der Waals surface area contributed by atoms with Crippen molar-refractivity contribution in [1.82, 2.24) is 0 Å². The maximum absolute atomic E-state index is 12.2. The number of Topliss-reactive ketones (excluding diaryl/α,β-unsaturated/α-hetero) is 1. The molecule has 1 aliphatic rings. The molecule has 0 aromatic rings. The smallest absolute Gasteiger partial charge is 0.319 e. The molecule has 0 aliphatic heterocycles. The highest BCUT2D eigenvalue weighted by Gasteiger charge is 2.48. The second-order valence-electron chi connectivity index (χ2n) is 5.15. The first-order valence-electron chi connectivity index (χ1n) is 6.77. The van der Waals surface area contributed by atoms with Gasteiger partial charge in [0.05, 0.1) is 6.61 Å². The second kappa shape index (κ2) is 6.18. The molecule has 0 N–H and O–H groups in total. The van der Waals surface area contributed by atoms with E-state index in [9.17, 15) is 9.59 Å². The standard InChI is InChI=1S/C14H24O3/c1-4-11(3)10-14(13(16)17-5-2)9-7-6-8-12(14)15/h11H,4-10H2,1-3H3. The highest BCUT2D eigenvalue weighted by atomic mass is 16.5. The molecule has 98 valence electrons. The van der Waals surface area contributed by atoms with E-state index in [1.165, 1.54) is 0 Å². The normalized spacial score (nSPS) is 26.6. The molecule has 0 saturated heterocycles. The zero-order chi connectivity index (χ0) is 12.9. The molecule has 0 aromatic carbocycles. The summed E-state index contributed by atoms with van der Waals surface area (Å²) in [5, 5.41) is 0. The largest absolute Gasteiger partial charge is 0.465 e. The van der Waals surface area contributed by atoms with Gasteiger partial charge in [0.1, 0.15) is 11.2 Å². The molecule has 3 nitrogen and oxygen atoms in total. The van der Waals surface area contributed by atoms with Gasteiger partial charge >= 0.3 is 5.97 Å². The number of carbonyl (C=O) groups excluding carboxylic acids is 2. The van der Waals surface area contributed by atoms with Crippen LogP contribution in [0.3, 0.4) is 0 Å². The van der Waals surface area contributed by atoms with Gasteiger partial charge in [0.25, 0.3) is 0 Å². The molecule has 0 heterocycles. The van der Waals surface area contributed by atoms with E-state index in [0.717, 1.165) is 19.3 Å². The van der Waals surface area contributed by atoms with Gasteiger partial charge in [-0.25, -0.2) is 0 Å². The lowest BCUT2D eigenvalue weighted by molar-refractivity contribution is -0.163. The zero-order valence-electron chi connectivity index (χ0n) is 11.3. The zero-order valence-corrected chi connectivity index (χ0v) is 11.3. The monoisotopic (exact) mass is 240 g/mol. The molecule has 2 atom stereocenters. The van der Waals surface area contributed by atoms with Crippen LogP contribution in [0.25, 0.3) is 0 Å². The van der Waals surface area contributed by atoms with Crippen LogP contribution in [-0.4, -0.2) is 18.4 Å². The fraction of sp³-hybridized carbons (Fsp3) is 0.857. The third-order valence-corrected chi connectivity index (χ3v) is 3.85. The molecule has 1 aliphatic carbocycles. The Balaban J connectivity index is 2.89. The fourth-order valence-corrected chi connectivity index (χ4v) is 2.61. The summed E-state index contributed by atoms with van der Waals surface area (Å²) in [6.07, 6.45) is 4.74. The minimum atomic E-state index is -0.830. The molecule has 0 bridgehead atoms. The van der Waals surface area contributed by atoms with Gasteiger partial charge in [0.2, 0.25) is 0 Å². The van der Waals surface area contributed by atoms with Crippen molar-refractivity contribution in [1.29, 1.82) is 0 Å². The lowest BCUT2D eigenvalue weighted by atomic mass is 9.68. The Labute approximate surface area is 104 Å². The van der Waals surface area contributed by atoms with Crippen molar-refractivity contribution >= 4 is 11.8 Å². The van der Waals surface area contributed by atoms with E-state index in [1.807, 2.05) is 0 Å². The Hall–Kier alpha value is -0.860. The summed E-state index contributed by atoms with van der Waals surface area (Å²) in [7, 11) is 0. The van der Waals surface area contributed by atoms with Gasteiger partial charge < -0.3 is 4.74 Å². The van der Waals surface area contributed by atoms with Gasteiger partial charge in [-0.2, -0.15) is 0 Å². The van der Waals surface area contributed by atoms with Gasteiger partial charge in [0.15, 0.2) is 0 Å². The Kier molecular flexibility index (Phi) is 5.16. The highest BCUT2D eigenvalue weighted by molar-refractivity contribution is 6.04. The van der Waals surface area contributed by atoms with Crippen molar-refractivity contribution in [2.24, 2.45) is 11.3 Å². The number of esters is 1. The summed E-state index contributed by atoms with van der Waals surface area (Å²) in [4.78, 5) is 24.3. The Morgan fingerprint density at radius 1 is 1.41 bits per heavy atom. The molecule has 0 aromatic heterocycles. The molecule has 17 heavy (non-hydrogen) atoms. The number of ether oxygens (including phenoxy) is 1. The van der Waals surface area contributed by atoms with E-state index in [-0.39, 0.29) is 11.8 Å². The third kappa shape index (κ3) is 3.08. The maximum Gasteiger partial charge on any atom is 0.319 e. The van der Waals surface area contributed by atoms with Crippen LogP contribution in [0.4, 0.5) is 0 Å². The molecule has 0 spiro atoms. The maximum atomic E-state index is 12.2. The van der Waals surface area contributed by atoms with Crippen LogP contribution in [0, 0.1) is 11.3 Å². The Morgan fingerprint density at radius 2 is 2.12 bits per heavy atom. The van der Waals surface area contributed by atoms with E-state index >= 15 is 0 Å². The third-order valence-electron chi connectivity index (χ3n) is 3.85. The van der Waals surface area contributed by atoms with Crippen molar-refractivity contribution in [2.75, 3.05) is 6.61 Å². The first kappa shape index (κ1) is 14.2. The minimum Gasteiger partial charge on any atom is -0.465 e. The summed E-state index contributed by atoms with van der Waals surface area (Å²) in [5.41, 5.74) is -0.830. The minimum absolute atomic E-state index is 0.0995. The van der Waals surface area contributed by atoms with Crippen LogP contribution in [0.2, 0.25) is 0 Å². The van der Waals surface area contributed by atoms with Crippen molar-refractivity contribution in [3.05, 3.63) is 0 Å². The van der Waals surface area contributed by atoms with E-state index in [0.29, 0.717) is 31.8 Å². The summed E-state index contributed by atoms with van der Waals surface area (Å²) in [5.74, 6) is 0.203. The topological polar surface area (TPSA) is 43.4 Å². The number of ketones is 1. The fourth-order valence-electron chi connectivity index (χ4n) is 2.61. The van der Waals surface area contributed by atoms with Crippen LogP contribution in [0.15, 0.2) is 0 Å². The van der Waals surface area contributed by atoms with Crippen molar-refractivity contribution < 1.29 is 14.3 Å². The molecule has 1 fully saturated rings. The molecular formula is C14H24O3. The quantitative estimate of drug-likeness (QED) is 0.548. The number of hydrogen-bond acceptors (Lipinski definition) is 3. The molecular weight excluding hydrogens is 216 g/mol. The van der Waals surface area contributed by atoms with E-state index in [4.69, 9.17) is 4.74 Å². The predicted octanol–water partition coefficient (Wildman–Crippen LogP) is 3.12. The molecule has 3 heteroatoms. The molecule has 2 unspecified atom stereocenters. The first-order valence-corrected chi connectivity index (χ1v) is 6.77. The number of carbonyl (C=O) groups is 2. The average Bonchev–Trinajstić information content (AvgIpc) is 2.32. The summed E-state index contributed by atoms with van der Waals surface area (Å²) in [6, 6.07) is 0. The second-order valence-corrected chi connectivity index (χ2v) is 5.15. The molecule has 0 radical (unpaired) electrons. The Morgan fingerprint density at radius 3 is 2.65 bits per heavy atom.